The van der Waals surface area contributed by atoms with Crippen molar-refractivity contribution in [3.05, 3.63) is 65.7 Å². The topological polar surface area (TPSA) is 50.4 Å². The lowest BCUT2D eigenvalue weighted by atomic mass is 9.76. The number of guanidine groups is 1. The third-order valence-electron chi connectivity index (χ3n) is 4.00. The number of anilines is 1. The number of aryl methyl sites for hydroxylation is 1. The van der Waals surface area contributed by atoms with Crippen LogP contribution in [0.5, 0.6) is 0 Å². The minimum Gasteiger partial charge on any atom is -0.370 e. The number of nitrogens with zero attached hydrogens (tertiary/aromatic N) is 1. The predicted octanol–water partition coefficient (Wildman–Crippen LogP) is 3.67. The normalized spacial score (nSPS) is 21.7. The number of nitrogens with two attached hydrogens (primary N) is 1. The molecule has 3 heteroatoms. The smallest absolute Gasteiger partial charge is 0.193 e. The summed E-state index contributed by atoms with van der Waals surface area (Å²) in [6.07, 6.45) is 2.17. The van der Waals surface area contributed by atoms with Crippen molar-refractivity contribution in [2.45, 2.75) is 31.7 Å². The molecular weight excluding hydrogens is 258 g/mol. The molecule has 1 fully saturated rings. The number of rotatable bonds is 3. The van der Waals surface area contributed by atoms with E-state index in [1.807, 2.05) is 12.1 Å². The summed E-state index contributed by atoms with van der Waals surface area (Å²) in [5, 5.41) is 3.16. The molecule has 108 valence electrons. The maximum atomic E-state index is 5.99. The molecule has 0 aromatic heterocycles. The molecule has 0 saturated heterocycles. The summed E-state index contributed by atoms with van der Waals surface area (Å²) < 4.78 is 0. The summed E-state index contributed by atoms with van der Waals surface area (Å²) in [7, 11) is 0. The van der Waals surface area contributed by atoms with E-state index in [4.69, 9.17) is 5.73 Å². The highest BCUT2D eigenvalue weighted by Gasteiger charge is 2.29. The van der Waals surface area contributed by atoms with Gasteiger partial charge in [0.05, 0.1) is 6.04 Å². The summed E-state index contributed by atoms with van der Waals surface area (Å²) in [6, 6.07) is 19.1. The fourth-order valence-electron chi connectivity index (χ4n) is 2.79. The summed E-state index contributed by atoms with van der Waals surface area (Å²) in [5.74, 6) is 1.14. The first kappa shape index (κ1) is 13.7. The second-order valence-corrected chi connectivity index (χ2v) is 5.74. The van der Waals surface area contributed by atoms with Gasteiger partial charge in [0.15, 0.2) is 5.96 Å². The Bertz CT molecular complexity index is 628. The van der Waals surface area contributed by atoms with Crippen molar-refractivity contribution in [1.82, 2.24) is 0 Å². The molecule has 1 aliphatic rings. The molecule has 3 nitrogen and oxygen atoms in total. The summed E-state index contributed by atoms with van der Waals surface area (Å²) >= 11 is 0. The Hall–Kier alpha value is -2.29. The van der Waals surface area contributed by atoms with Crippen LogP contribution in [0.15, 0.2) is 59.6 Å². The highest BCUT2D eigenvalue weighted by molar-refractivity contribution is 5.92. The lowest BCUT2D eigenvalue weighted by Crippen LogP contribution is -2.31. The van der Waals surface area contributed by atoms with E-state index in [9.17, 15) is 0 Å². The lowest BCUT2D eigenvalue weighted by Gasteiger charge is -2.33. The van der Waals surface area contributed by atoms with Gasteiger partial charge in [-0.1, -0.05) is 42.5 Å². The summed E-state index contributed by atoms with van der Waals surface area (Å²) in [4.78, 5) is 4.57. The van der Waals surface area contributed by atoms with E-state index >= 15 is 0 Å². The molecule has 2 aromatic rings. The van der Waals surface area contributed by atoms with E-state index in [0.717, 1.165) is 18.5 Å². The van der Waals surface area contributed by atoms with Crippen LogP contribution < -0.4 is 11.1 Å². The van der Waals surface area contributed by atoms with Crippen LogP contribution in [0, 0.1) is 6.92 Å². The molecule has 1 saturated carbocycles. The molecule has 0 spiro atoms. The molecular formula is C18H21N3. The molecule has 0 atom stereocenters. The fourth-order valence-corrected chi connectivity index (χ4v) is 2.79. The van der Waals surface area contributed by atoms with E-state index in [2.05, 4.69) is 59.7 Å². The molecule has 0 bridgehead atoms. The van der Waals surface area contributed by atoms with Crippen LogP contribution in [-0.2, 0) is 0 Å². The molecule has 0 amide bonds. The van der Waals surface area contributed by atoms with Gasteiger partial charge in [-0.25, -0.2) is 4.99 Å². The Labute approximate surface area is 125 Å². The number of hydrogen-bond donors (Lipinski definition) is 2. The van der Waals surface area contributed by atoms with Gasteiger partial charge in [0.1, 0.15) is 0 Å². The van der Waals surface area contributed by atoms with Crippen LogP contribution in [-0.4, -0.2) is 12.0 Å². The minimum atomic E-state index is 0.340. The number of nitrogens with one attached hydrogen (secondary N) is 1. The van der Waals surface area contributed by atoms with E-state index in [1.165, 1.54) is 11.1 Å². The average molecular weight is 279 g/mol. The van der Waals surface area contributed by atoms with Gasteiger partial charge >= 0.3 is 0 Å². The van der Waals surface area contributed by atoms with Gasteiger partial charge in [0.25, 0.3) is 0 Å². The van der Waals surface area contributed by atoms with Crippen LogP contribution in [0.3, 0.4) is 0 Å². The number of benzene rings is 2. The van der Waals surface area contributed by atoms with Crippen LogP contribution in [0.1, 0.15) is 29.9 Å². The summed E-state index contributed by atoms with van der Waals surface area (Å²) in [6.45, 7) is 2.06. The quantitative estimate of drug-likeness (QED) is 0.665. The fraction of sp³-hybridized carbons (Fsp3) is 0.278. The molecule has 1 aliphatic carbocycles. The van der Waals surface area contributed by atoms with Crippen molar-refractivity contribution in [3.63, 3.8) is 0 Å². The van der Waals surface area contributed by atoms with E-state index in [1.54, 1.807) is 0 Å². The third-order valence-corrected chi connectivity index (χ3v) is 4.00. The average Bonchev–Trinajstić information content (AvgIpc) is 2.43. The zero-order valence-electron chi connectivity index (χ0n) is 12.3. The molecule has 21 heavy (non-hydrogen) atoms. The standard InChI is InChI=1S/C18H21N3/c1-13-6-5-9-16(10-13)20-18(19)21-17-11-15(12-17)14-7-3-2-4-8-14/h2-10,15,17H,11-12H2,1H3,(H3,19,20,21). The van der Waals surface area contributed by atoms with Gasteiger partial charge in [-0.2, -0.15) is 0 Å². The maximum Gasteiger partial charge on any atom is 0.193 e. The molecule has 0 radical (unpaired) electrons. The van der Waals surface area contributed by atoms with Crippen LogP contribution >= 0.6 is 0 Å². The highest BCUT2D eigenvalue weighted by atomic mass is 15.1. The van der Waals surface area contributed by atoms with Crippen molar-refractivity contribution < 1.29 is 0 Å². The number of hydrogen-bond acceptors (Lipinski definition) is 1. The Morgan fingerprint density at radius 3 is 2.57 bits per heavy atom. The van der Waals surface area contributed by atoms with Crippen molar-refractivity contribution in [2.75, 3.05) is 5.32 Å². The third kappa shape index (κ3) is 3.43. The van der Waals surface area contributed by atoms with Crippen molar-refractivity contribution in [2.24, 2.45) is 10.7 Å². The van der Waals surface area contributed by atoms with Gasteiger partial charge in [0, 0.05) is 5.69 Å². The second kappa shape index (κ2) is 6.00. The van der Waals surface area contributed by atoms with Gasteiger partial charge in [-0.15, -0.1) is 0 Å². The lowest BCUT2D eigenvalue weighted by molar-refractivity contribution is 0.353. The maximum absolute atomic E-state index is 5.99. The molecule has 0 aliphatic heterocycles. The first-order valence-corrected chi connectivity index (χ1v) is 7.42. The van der Waals surface area contributed by atoms with Crippen molar-refractivity contribution in [3.8, 4) is 0 Å². The molecule has 3 N–H and O–H groups in total. The van der Waals surface area contributed by atoms with E-state index in [0.29, 0.717) is 17.9 Å². The Morgan fingerprint density at radius 2 is 1.86 bits per heavy atom. The molecule has 2 aromatic carbocycles. The minimum absolute atomic E-state index is 0.340. The first-order chi connectivity index (χ1) is 10.2. The van der Waals surface area contributed by atoms with Gasteiger partial charge < -0.3 is 11.1 Å². The van der Waals surface area contributed by atoms with Crippen LogP contribution in [0.4, 0.5) is 5.69 Å². The Kier molecular flexibility index (Phi) is 3.91. The van der Waals surface area contributed by atoms with Crippen LogP contribution in [0.25, 0.3) is 0 Å². The zero-order chi connectivity index (χ0) is 14.7. The monoisotopic (exact) mass is 279 g/mol. The van der Waals surface area contributed by atoms with E-state index < -0.39 is 0 Å². The second-order valence-electron chi connectivity index (χ2n) is 5.74. The SMILES string of the molecule is Cc1cccc(NC(N)=NC2CC(c3ccccc3)C2)c1. The van der Waals surface area contributed by atoms with Crippen LogP contribution in [0.2, 0.25) is 0 Å². The summed E-state index contributed by atoms with van der Waals surface area (Å²) in [5.41, 5.74) is 9.60. The predicted molar refractivity (Wildman–Crippen MR) is 88.6 cm³/mol. The van der Waals surface area contributed by atoms with Crippen molar-refractivity contribution in [1.29, 1.82) is 0 Å². The Balaban J connectivity index is 1.55. The van der Waals surface area contributed by atoms with Gasteiger partial charge in [-0.05, 0) is 48.9 Å². The number of aliphatic imine (C=N–C) groups is 1. The zero-order valence-corrected chi connectivity index (χ0v) is 12.3. The van der Waals surface area contributed by atoms with Gasteiger partial charge in [-0.3, -0.25) is 0 Å². The largest absolute Gasteiger partial charge is 0.370 e. The van der Waals surface area contributed by atoms with Gasteiger partial charge in [0.2, 0.25) is 0 Å². The Morgan fingerprint density at radius 1 is 1.10 bits per heavy atom. The highest BCUT2D eigenvalue weighted by Crippen LogP contribution is 2.38. The first-order valence-electron chi connectivity index (χ1n) is 7.42. The molecule has 3 rings (SSSR count). The molecule has 0 heterocycles. The molecule has 0 unspecified atom stereocenters. The van der Waals surface area contributed by atoms with E-state index in [-0.39, 0.29) is 0 Å². The van der Waals surface area contributed by atoms with Crippen molar-refractivity contribution >= 4 is 11.6 Å².